The van der Waals surface area contributed by atoms with E-state index in [1.54, 1.807) is 0 Å². The number of fused-ring (bicyclic) bond motifs is 1. The average Bonchev–Trinajstić information content (AvgIpc) is 2.73. The lowest BCUT2D eigenvalue weighted by Crippen LogP contribution is -2.71. The van der Waals surface area contributed by atoms with Crippen molar-refractivity contribution in [2.75, 3.05) is 0 Å². The molecular weight excluding hydrogens is 352 g/mol. The van der Waals surface area contributed by atoms with E-state index in [9.17, 15) is 4.79 Å². The van der Waals surface area contributed by atoms with Gasteiger partial charge in [-0.3, -0.25) is 4.79 Å². The molecule has 0 aromatic heterocycles. The number of hydrogen-bond donors (Lipinski definition) is 2. The van der Waals surface area contributed by atoms with Crippen LogP contribution in [0.4, 0.5) is 0 Å². The molecule has 1 amide bonds. The van der Waals surface area contributed by atoms with Crippen LogP contribution in [0.15, 0.2) is 0 Å². The van der Waals surface area contributed by atoms with Crippen LogP contribution in [0, 0.1) is 16.2 Å². The summed E-state index contributed by atoms with van der Waals surface area (Å²) in [7, 11) is 0. The molecule has 1 heterocycles. The quantitative estimate of drug-likeness (QED) is 0.706. The molecule has 2 bridgehead atoms. The number of carbonyl (C=O) groups is 1. The van der Waals surface area contributed by atoms with E-state index >= 15 is 0 Å². The van der Waals surface area contributed by atoms with Gasteiger partial charge in [0, 0.05) is 21.9 Å². The third-order valence-electron chi connectivity index (χ3n) is 7.50. The molecule has 23 heavy (non-hydrogen) atoms. The van der Waals surface area contributed by atoms with Crippen LogP contribution in [0.2, 0.25) is 0 Å². The van der Waals surface area contributed by atoms with Crippen molar-refractivity contribution in [1.29, 1.82) is 0 Å². The van der Waals surface area contributed by atoms with Crippen molar-refractivity contribution in [3.05, 3.63) is 0 Å². The second-order valence-electron chi connectivity index (χ2n) is 10.3. The first-order chi connectivity index (χ1) is 10.3. The van der Waals surface area contributed by atoms with Crippen LogP contribution >= 0.6 is 15.9 Å². The largest absolute Gasteiger partial charge is 0.353 e. The van der Waals surface area contributed by atoms with Crippen molar-refractivity contribution < 1.29 is 4.79 Å². The molecule has 0 unspecified atom stereocenters. The summed E-state index contributed by atoms with van der Waals surface area (Å²) in [4.78, 5) is 13.6. The van der Waals surface area contributed by atoms with E-state index in [4.69, 9.17) is 0 Å². The number of halogens is 1. The highest BCUT2D eigenvalue weighted by molar-refractivity contribution is 9.09. The van der Waals surface area contributed by atoms with Crippen molar-refractivity contribution in [3.8, 4) is 0 Å². The molecule has 0 radical (unpaired) electrons. The monoisotopic (exact) mass is 384 g/mol. The van der Waals surface area contributed by atoms with Gasteiger partial charge in [-0.1, -0.05) is 36.7 Å². The maximum absolute atomic E-state index is 13.3. The zero-order valence-electron chi connectivity index (χ0n) is 15.8. The average molecular weight is 385 g/mol. The highest BCUT2D eigenvalue weighted by atomic mass is 79.9. The summed E-state index contributed by atoms with van der Waals surface area (Å²) in [6.45, 7) is 15.8. The van der Waals surface area contributed by atoms with E-state index in [1.807, 2.05) is 0 Å². The summed E-state index contributed by atoms with van der Waals surface area (Å²) in [5.41, 5.74) is 0.198. The normalized spacial score (nSPS) is 43.7. The second-order valence-corrected chi connectivity index (χ2v) is 11.3. The molecule has 0 spiro atoms. The zero-order valence-corrected chi connectivity index (χ0v) is 17.4. The fraction of sp³-hybridized carbons (Fsp3) is 0.947. The molecule has 1 aliphatic heterocycles. The smallest absolute Gasteiger partial charge is 0.228 e. The molecule has 2 N–H and O–H groups in total. The summed E-state index contributed by atoms with van der Waals surface area (Å²) < 4.78 is 0. The Labute approximate surface area is 149 Å². The first-order valence-electron chi connectivity index (χ1n) is 9.02. The lowest BCUT2D eigenvalue weighted by atomic mass is 9.43. The van der Waals surface area contributed by atoms with E-state index in [0.717, 1.165) is 25.7 Å². The van der Waals surface area contributed by atoms with Crippen molar-refractivity contribution >= 4 is 21.8 Å². The topological polar surface area (TPSA) is 41.1 Å². The number of rotatable bonds is 2. The second kappa shape index (κ2) is 4.75. The predicted molar refractivity (Wildman–Crippen MR) is 98.7 cm³/mol. The number of amides is 1. The summed E-state index contributed by atoms with van der Waals surface area (Å²) in [6, 6.07) is 0.256. The van der Waals surface area contributed by atoms with Crippen LogP contribution in [0.1, 0.15) is 74.1 Å². The summed E-state index contributed by atoms with van der Waals surface area (Å²) in [5, 5.41) is 7.14. The van der Waals surface area contributed by atoms with E-state index in [2.05, 4.69) is 75.0 Å². The SMILES string of the molecule is CC1(C)CC(NC(=O)[C@]23CC[C@@](C)([C@@H]2Br)C3(C)C)CC(C)(C)N1. The summed E-state index contributed by atoms with van der Waals surface area (Å²) >= 11 is 3.88. The van der Waals surface area contributed by atoms with Gasteiger partial charge in [0.2, 0.25) is 5.91 Å². The van der Waals surface area contributed by atoms with E-state index in [-0.39, 0.29) is 39.3 Å². The molecule has 0 aromatic rings. The molecule has 4 rings (SSSR count). The number of piperidine rings is 1. The van der Waals surface area contributed by atoms with Gasteiger partial charge in [-0.25, -0.2) is 0 Å². The fourth-order valence-electron chi connectivity index (χ4n) is 6.20. The Kier molecular flexibility index (Phi) is 3.66. The number of carbonyl (C=O) groups excluding carboxylic acids is 1. The Morgan fingerprint density at radius 2 is 1.52 bits per heavy atom. The molecule has 132 valence electrons. The van der Waals surface area contributed by atoms with Crippen LogP contribution in [0.5, 0.6) is 0 Å². The molecule has 4 aliphatic rings. The molecule has 3 saturated carbocycles. The number of alkyl halides is 1. The van der Waals surface area contributed by atoms with Crippen molar-refractivity contribution in [1.82, 2.24) is 10.6 Å². The van der Waals surface area contributed by atoms with Gasteiger partial charge in [-0.05, 0) is 64.2 Å². The van der Waals surface area contributed by atoms with Gasteiger partial charge in [0.15, 0.2) is 0 Å². The van der Waals surface area contributed by atoms with Gasteiger partial charge in [0.25, 0.3) is 0 Å². The van der Waals surface area contributed by atoms with Crippen LogP contribution in [0.3, 0.4) is 0 Å². The molecule has 4 fully saturated rings. The van der Waals surface area contributed by atoms with Gasteiger partial charge in [-0.15, -0.1) is 0 Å². The van der Waals surface area contributed by atoms with Gasteiger partial charge in [0.1, 0.15) is 0 Å². The third kappa shape index (κ3) is 2.19. The van der Waals surface area contributed by atoms with Crippen LogP contribution < -0.4 is 10.6 Å². The van der Waals surface area contributed by atoms with Gasteiger partial charge < -0.3 is 10.6 Å². The maximum Gasteiger partial charge on any atom is 0.228 e. The third-order valence-corrected chi connectivity index (χ3v) is 9.30. The van der Waals surface area contributed by atoms with E-state index in [1.165, 1.54) is 0 Å². The van der Waals surface area contributed by atoms with E-state index < -0.39 is 0 Å². The van der Waals surface area contributed by atoms with Gasteiger partial charge in [0.05, 0.1) is 5.41 Å². The lowest BCUT2D eigenvalue weighted by Gasteiger charge is -2.64. The fourth-order valence-corrected chi connectivity index (χ4v) is 8.01. The number of hydrogen-bond acceptors (Lipinski definition) is 2. The van der Waals surface area contributed by atoms with Crippen LogP contribution in [-0.4, -0.2) is 27.9 Å². The Morgan fingerprint density at radius 3 is 1.91 bits per heavy atom. The Bertz CT molecular complexity index is 525. The Hall–Kier alpha value is -0.0900. The molecule has 1 saturated heterocycles. The standard InChI is InChI=1S/C19H33BrN2O/c1-15(2)10-12(11-16(3,4)22-15)21-14(23)19-9-8-18(7,13(19)20)17(19,5)6/h12-13,22H,8-11H2,1-7H3,(H,21,23)/t13-,18-,19-/m0/s1. The van der Waals surface area contributed by atoms with Crippen molar-refractivity contribution in [3.63, 3.8) is 0 Å². The van der Waals surface area contributed by atoms with Crippen LogP contribution in [0.25, 0.3) is 0 Å². The zero-order chi connectivity index (χ0) is 17.5. The summed E-state index contributed by atoms with van der Waals surface area (Å²) in [6.07, 6.45) is 4.13. The maximum atomic E-state index is 13.3. The first kappa shape index (κ1) is 17.7. The van der Waals surface area contributed by atoms with Crippen molar-refractivity contribution in [2.24, 2.45) is 16.2 Å². The minimum Gasteiger partial charge on any atom is -0.353 e. The molecule has 3 atom stereocenters. The molecule has 3 nitrogen and oxygen atoms in total. The van der Waals surface area contributed by atoms with Gasteiger partial charge >= 0.3 is 0 Å². The lowest BCUT2D eigenvalue weighted by molar-refractivity contribution is -0.163. The summed E-state index contributed by atoms with van der Waals surface area (Å²) in [5.74, 6) is 0.276. The van der Waals surface area contributed by atoms with Crippen LogP contribution in [-0.2, 0) is 4.79 Å². The highest BCUT2D eigenvalue weighted by Crippen LogP contribution is 2.79. The Morgan fingerprint density at radius 1 is 1.00 bits per heavy atom. The predicted octanol–water partition coefficient (Wildman–Crippen LogP) is 4.00. The van der Waals surface area contributed by atoms with Crippen molar-refractivity contribution in [2.45, 2.75) is 96.1 Å². The van der Waals surface area contributed by atoms with Gasteiger partial charge in [-0.2, -0.15) is 0 Å². The molecular formula is C19H33BrN2O. The number of nitrogens with one attached hydrogen (secondary N) is 2. The Balaban J connectivity index is 1.78. The molecule has 4 heteroatoms. The van der Waals surface area contributed by atoms with E-state index in [0.29, 0.717) is 4.83 Å². The molecule has 0 aromatic carbocycles. The molecule has 3 aliphatic carbocycles. The minimum absolute atomic E-state index is 0.0600. The highest BCUT2D eigenvalue weighted by Gasteiger charge is 2.80. The minimum atomic E-state index is -0.235. The first-order valence-corrected chi connectivity index (χ1v) is 9.93.